The van der Waals surface area contributed by atoms with Gasteiger partial charge in [-0.15, -0.1) is 12.3 Å². The van der Waals surface area contributed by atoms with Gasteiger partial charge in [0, 0.05) is 19.1 Å². The van der Waals surface area contributed by atoms with Crippen molar-refractivity contribution in [1.82, 2.24) is 5.32 Å². The summed E-state index contributed by atoms with van der Waals surface area (Å²) in [7, 11) is 0. The van der Waals surface area contributed by atoms with Gasteiger partial charge >= 0.3 is 6.18 Å². The average Bonchev–Trinajstić information content (AvgIpc) is 2.19. The van der Waals surface area contributed by atoms with Crippen LogP contribution in [0.3, 0.4) is 0 Å². The van der Waals surface area contributed by atoms with Crippen molar-refractivity contribution in [3.8, 4) is 12.3 Å². The Balaban J connectivity index is 3.64. The molecule has 0 saturated heterocycles. The zero-order valence-corrected chi connectivity index (χ0v) is 9.44. The van der Waals surface area contributed by atoms with Crippen LogP contribution in [0.1, 0.15) is 26.2 Å². The fourth-order valence-electron chi connectivity index (χ4n) is 1.18. The minimum atomic E-state index is -4.25. The van der Waals surface area contributed by atoms with E-state index in [4.69, 9.17) is 6.42 Å². The molecule has 1 atom stereocenters. The summed E-state index contributed by atoms with van der Waals surface area (Å²) in [5.41, 5.74) is 0. The summed E-state index contributed by atoms with van der Waals surface area (Å²) >= 11 is 0. The van der Waals surface area contributed by atoms with E-state index in [1.807, 2.05) is 6.92 Å². The number of alkyl halides is 3. The molecule has 0 radical (unpaired) electrons. The summed E-state index contributed by atoms with van der Waals surface area (Å²) < 4.78 is 39.8. The number of ether oxygens (including phenoxy) is 1. The van der Waals surface area contributed by atoms with E-state index in [1.165, 1.54) is 0 Å². The minimum Gasteiger partial charge on any atom is -0.372 e. The van der Waals surface area contributed by atoms with Crippen LogP contribution in [0, 0.1) is 12.3 Å². The van der Waals surface area contributed by atoms with Crippen molar-refractivity contribution < 1.29 is 17.9 Å². The first-order valence-electron chi connectivity index (χ1n) is 5.31. The molecule has 0 spiro atoms. The summed E-state index contributed by atoms with van der Waals surface area (Å²) in [5.74, 6) is 2.49. The molecule has 16 heavy (non-hydrogen) atoms. The smallest absolute Gasteiger partial charge is 0.372 e. The lowest BCUT2D eigenvalue weighted by atomic mass is 10.1. The standard InChI is InChI=1S/C11H18F3NO/c1-3-5-10(15-7-4-2)6-8-16-9-11(12,13)14/h1,10,15H,4-9H2,2H3. The molecule has 1 unspecified atom stereocenters. The van der Waals surface area contributed by atoms with Crippen LogP contribution in [0.5, 0.6) is 0 Å². The number of hydrogen-bond acceptors (Lipinski definition) is 2. The van der Waals surface area contributed by atoms with E-state index in [2.05, 4.69) is 16.0 Å². The van der Waals surface area contributed by atoms with Crippen LogP contribution in [0.15, 0.2) is 0 Å². The molecule has 0 saturated carbocycles. The molecule has 0 aliphatic heterocycles. The Morgan fingerprint density at radius 2 is 2.12 bits per heavy atom. The van der Waals surface area contributed by atoms with Crippen molar-refractivity contribution in [3.63, 3.8) is 0 Å². The normalized spacial score (nSPS) is 13.4. The zero-order chi connectivity index (χ0) is 12.4. The fraction of sp³-hybridized carbons (Fsp3) is 0.818. The molecule has 0 aromatic rings. The van der Waals surface area contributed by atoms with Crippen LogP contribution in [-0.2, 0) is 4.74 Å². The summed E-state index contributed by atoms with van der Waals surface area (Å²) in [5, 5.41) is 3.16. The van der Waals surface area contributed by atoms with Crippen molar-refractivity contribution in [2.24, 2.45) is 0 Å². The predicted octanol–water partition coefficient (Wildman–Crippen LogP) is 2.35. The van der Waals surface area contributed by atoms with Crippen molar-refractivity contribution in [2.75, 3.05) is 19.8 Å². The van der Waals surface area contributed by atoms with Crippen molar-refractivity contribution in [1.29, 1.82) is 0 Å². The molecule has 2 nitrogen and oxygen atoms in total. The van der Waals surface area contributed by atoms with Gasteiger partial charge in [0.15, 0.2) is 0 Å². The second-order valence-electron chi connectivity index (χ2n) is 3.52. The number of nitrogens with one attached hydrogen (secondary N) is 1. The molecule has 0 heterocycles. The maximum atomic E-state index is 11.8. The maximum Gasteiger partial charge on any atom is 0.411 e. The highest BCUT2D eigenvalue weighted by Gasteiger charge is 2.27. The summed E-state index contributed by atoms with van der Waals surface area (Å²) in [4.78, 5) is 0. The second kappa shape index (κ2) is 8.43. The van der Waals surface area contributed by atoms with Gasteiger partial charge < -0.3 is 10.1 Å². The van der Waals surface area contributed by atoms with Crippen molar-refractivity contribution in [3.05, 3.63) is 0 Å². The first-order valence-corrected chi connectivity index (χ1v) is 5.31. The quantitative estimate of drug-likeness (QED) is 0.517. The van der Waals surface area contributed by atoms with Gasteiger partial charge in [0.25, 0.3) is 0 Å². The zero-order valence-electron chi connectivity index (χ0n) is 9.44. The SMILES string of the molecule is C#CCC(CCOCC(F)(F)F)NCCC. The highest BCUT2D eigenvalue weighted by atomic mass is 19.4. The molecular weight excluding hydrogens is 219 g/mol. The van der Waals surface area contributed by atoms with Gasteiger partial charge in [-0.2, -0.15) is 13.2 Å². The molecular formula is C11H18F3NO. The Bertz CT molecular complexity index is 210. The predicted molar refractivity (Wildman–Crippen MR) is 57.0 cm³/mol. The Morgan fingerprint density at radius 1 is 1.44 bits per heavy atom. The molecule has 0 bridgehead atoms. The molecule has 0 aromatic carbocycles. The molecule has 0 aliphatic rings. The fourth-order valence-corrected chi connectivity index (χ4v) is 1.18. The lowest BCUT2D eigenvalue weighted by molar-refractivity contribution is -0.174. The third kappa shape index (κ3) is 9.81. The van der Waals surface area contributed by atoms with Crippen LogP contribution in [0.25, 0.3) is 0 Å². The lowest BCUT2D eigenvalue weighted by Crippen LogP contribution is -2.31. The van der Waals surface area contributed by atoms with Crippen LogP contribution < -0.4 is 5.32 Å². The summed E-state index contributed by atoms with van der Waals surface area (Å²) in [6, 6.07) is 0.0400. The van der Waals surface area contributed by atoms with Gasteiger partial charge in [-0.1, -0.05) is 6.92 Å². The van der Waals surface area contributed by atoms with Crippen LogP contribution in [0.2, 0.25) is 0 Å². The highest BCUT2D eigenvalue weighted by molar-refractivity contribution is 4.89. The summed E-state index contributed by atoms with van der Waals surface area (Å²) in [6.07, 6.45) is 2.88. The van der Waals surface area contributed by atoms with E-state index in [0.717, 1.165) is 13.0 Å². The molecule has 1 N–H and O–H groups in total. The van der Waals surface area contributed by atoms with Gasteiger partial charge in [-0.3, -0.25) is 0 Å². The third-order valence-corrected chi connectivity index (χ3v) is 1.92. The van der Waals surface area contributed by atoms with E-state index < -0.39 is 12.8 Å². The van der Waals surface area contributed by atoms with Gasteiger partial charge in [-0.05, 0) is 19.4 Å². The largest absolute Gasteiger partial charge is 0.411 e. The Hall–Kier alpha value is -0.730. The Morgan fingerprint density at radius 3 is 2.62 bits per heavy atom. The molecule has 0 aromatic heterocycles. The molecule has 0 amide bonds. The number of rotatable bonds is 8. The van der Waals surface area contributed by atoms with E-state index in [1.54, 1.807) is 0 Å². The van der Waals surface area contributed by atoms with E-state index in [-0.39, 0.29) is 12.6 Å². The van der Waals surface area contributed by atoms with E-state index in [9.17, 15) is 13.2 Å². The number of terminal acetylenes is 1. The first kappa shape index (κ1) is 15.3. The van der Waals surface area contributed by atoms with Crippen molar-refractivity contribution in [2.45, 2.75) is 38.4 Å². The van der Waals surface area contributed by atoms with E-state index >= 15 is 0 Å². The first-order chi connectivity index (χ1) is 7.49. The van der Waals surface area contributed by atoms with Crippen LogP contribution >= 0.6 is 0 Å². The Kier molecular flexibility index (Phi) is 8.04. The number of hydrogen-bond donors (Lipinski definition) is 1. The van der Waals surface area contributed by atoms with Crippen LogP contribution in [0.4, 0.5) is 13.2 Å². The molecule has 5 heteroatoms. The maximum absolute atomic E-state index is 11.8. The topological polar surface area (TPSA) is 21.3 Å². The monoisotopic (exact) mass is 237 g/mol. The van der Waals surface area contributed by atoms with Gasteiger partial charge in [0.1, 0.15) is 6.61 Å². The summed E-state index contributed by atoms with van der Waals surface area (Å²) in [6.45, 7) is 1.71. The van der Waals surface area contributed by atoms with E-state index in [0.29, 0.717) is 12.8 Å². The lowest BCUT2D eigenvalue weighted by Gasteiger charge is -2.16. The molecule has 0 fully saturated rings. The minimum absolute atomic E-state index is 0.0400. The molecule has 0 aliphatic carbocycles. The third-order valence-electron chi connectivity index (χ3n) is 1.92. The Labute approximate surface area is 94.5 Å². The van der Waals surface area contributed by atoms with Crippen LogP contribution in [-0.4, -0.2) is 32.0 Å². The average molecular weight is 237 g/mol. The number of halogens is 3. The van der Waals surface area contributed by atoms with Gasteiger partial charge in [0.05, 0.1) is 0 Å². The van der Waals surface area contributed by atoms with Crippen molar-refractivity contribution >= 4 is 0 Å². The molecule has 94 valence electrons. The van der Waals surface area contributed by atoms with Gasteiger partial charge in [0.2, 0.25) is 0 Å². The molecule has 0 rings (SSSR count). The highest BCUT2D eigenvalue weighted by Crippen LogP contribution is 2.14. The van der Waals surface area contributed by atoms with Gasteiger partial charge in [-0.25, -0.2) is 0 Å². The second-order valence-corrected chi connectivity index (χ2v) is 3.52.